The Morgan fingerprint density at radius 1 is 1.24 bits per heavy atom. The molecule has 0 aromatic carbocycles. The first-order valence-corrected chi connectivity index (χ1v) is 7.98. The molecule has 0 unspecified atom stereocenters. The van der Waals surface area contributed by atoms with E-state index >= 15 is 0 Å². The second-order valence-corrected chi connectivity index (χ2v) is 5.94. The largest absolute Gasteiger partial charge is 0.481 e. The van der Waals surface area contributed by atoms with E-state index in [0.29, 0.717) is 43.4 Å². The molecule has 2 aromatic heterocycles. The summed E-state index contributed by atoms with van der Waals surface area (Å²) >= 11 is 0. The summed E-state index contributed by atoms with van der Waals surface area (Å²) in [7, 11) is 1.54. The number of pyridine rings is 1. The summed E-state index contributed by atoms with van der Waals surface area (Å²) in [4.78, 5) is 26.3. The number of carbonyl (C=O) groups is 1. The van der Waals surface area contributed by atoms with Crippen molar-refractivity contribution in [3.63, 3.8) is 0 Å². The molecule has 0 aliphatic carbocycles. The van der Waals surface area contributed by atoms with Gasteiger partial charge in [-0.2, -0.15) is 0 Å². The molecular formula is C17H20N4O4. The third-order valence-electron chi connectivity index (χ3n) is 4.32. The standard InChI is InChI=1S/C17H20N4O4/c1-12-3-4-13(10-18-12)25-17(16(22)23)5-7-21(8-6-17)14-9-15(24-2)20-11-19-14/h3-4,9-11H,5-8H2,1-2H3,(H,22,23). The first-order valence-electron chi connectivity index (χ1n) is 7.98. The van der Waals surface area contributed by atoms with Crippen molar-refractivity contribution >= 4 is 11.8 Å². The van der Waals surface area contributed by atoms with E-state index in [2.05, 4.69) is 15.0 Å². The lowest BCUT2D eigenvalue weighted by atomic mass is 9.91. The lowest BCUT2D eigenvalue weighted by Gasteiger charge is -2.39. The van der Waals surface area contributed by atoms with E-state index in [1.807, 2.05) is 11.8 Å². The van der Waals surface area contributed by atoms with Gasteiger partial charge in [0.2, 0.25) is 11.5 Å². The van der Waals surface area contributed by atoms with E-state index in [0.717, 1.165) is 5.69 Å². The fraction of sp³-hybridized carbons (Fsp3) is 0.412. The van der Waals surface area contributed by atoms with E-state index < -0.39 is 11.6 Å². The number of aryl methyl sites for hydroxylation is 1. The number of piperidine rings is 1. The molecule has 0 spiro atoms. The number of hydrogen-bond acceptors (Lipinski definition) is 7. The maximum Gasteiger partial charge on any atom is 0.348 e. The minimum atomic E-state index is -1.26. The Kier molecular flexibility index (Phi) is 4.69. The predicted octanol–water partition coefficient (Wildman–Crippen LogP) is 1.69. The second kappa shape index (κ2) is 6.92. The fourth-order valence-corrected chi connectivity index (χ4v) is 2.81. The van der Waals surface area contributed by atoms with E-state index in [1.165, 1.54) is 6.33 Å². The number of hydrogen-bond donors (Lipinski definition) is 1. The minimum Gasteiger partial charge on any atom is -0.481 e. The van der Waals surface area contributed by atoms with Crippen LogP contribution in [-0.4, -0.2) is 51.8 Å². The summed E-state index contributed by atoms with van der Waals surface area (Å²) in [6, 6.07) is 5.28. The van der Waals surface area contributed by atoms with Gasteiger partial charge >= 0.3 is 5.97 Å². The average Bonchev–Trinajstić information content (AvgIpc) is 2.64. The van der Waals surface area contributed by atoms with Crippen LogP contribution in [-0.2, 0) is 4.79 Å². The first kappa shape index (κ1) is 16.9. The summed E-state index contributed by atoms with van der Waals surface area (Å²) in [5.41, 5.74) is -0.408. The molecule has 1 saturated heterocycles. The van der Waals surface area contributed by atoms with Crippen LogP contribution < -0.4 is 14.4 Å². The van der Waals surface area contributed by atoms with E-state index in [-0.39, 0.29) is 0 Å². The van der Waals surface area contributed by atoms with Crippen molar-refractivity contribution in [1.82, 2.24) is 15.0 Å². The zero-order valence-electron chi connectivity index (χ0n) is 14.2. The zero-order chi connectivity index (χ0) is 17.9. The summed E-state index contributed by atoms with van der Waals surface area (Å²) in [5, 5.41) is 9.73. The first-order chi connectivity index (χ1) is 12.0. The molecule has 1 aliphatic rings. The fourth-order valence-electron chi connectivity index (χ4n) is 2.81. The van der Waals surface area contributed by atoms with Gasteiger partial charge in [0, 0.05) is 37.7 Å². The number of anilines is 1. The van der Waals surface area contributed by atoms with Gasteiger partial charge in [-0.15, -0.1) is 0 Å². The van der Waals surface area contributed by atoms with Crippen LogP contribution in [0, 0.1) is 6.92 Å². The van der Waals surface area contributed by atoms with Crippen LogP contribution in [0.15, 0.2) is 30.7 Å². The van der Waals surface area contributed by atoms with E-state index in [1.54, 1.807) is 31.5 Å². The molecule has 0 radical (unpaired) electrons. The van der Waals surface area contributed by atoms with Crippen LogP contribution in [0.5, 0.6) is 11.6 Å². The summed E-state index contributed by atoms with van der Waals surface area (Å²) in [5.74, 6) is 0.683. The third kappa shape index (κ3) is 3.62. The van der Waals surface area contributed by atoms with Gasteiger partial charge in [-0.05, 0) is 19.1 Å². The number of aliphatic carboxylic acids is 1. The topological polar surface area (TPSA) is 97.7 Å². The van der Waals surface area contributed by atoms with E-state index in [4.69, 9.17) is 9.47 Å². The molecular weight excluding hydrogens is 324 g/mol. The van der Waals surface area contributed by atoms with Gasteiger partial charge in [0.15, 0.2) is 0 Å². The SMILES string of the molecule is COc1cc(N2CCC(Oc3ccc(C)nc3)(C(=O)O)CC2)ncn1. The Morgan fingerprint density at radius 2 is 2.00 bits per heavy atom. The highest BCUT2D eigenvalue weighted by Gasteiger charge is 2.44. The van der Waals surface area contributed by atoms with Gasteiger partial charge < -0.3 is 19.5 Å². The Balaban J connectivity index is 1.74. The summed E-state index contributed by atoms with van der Waals surface area (Å²) < 4.78 is 11.0. The lowest BCUT2D eigenvalue weighted by molar-refractivity contribution is -0.157. The molecule has 8 heteroatoms. The Labute approximate surface area is 145 Å². The zero-order valence-corrected chi connectivity index (χ0v) is 14.2. The monoisotopic (exact) mass is 344 g/mol. The number of rotatable bonds is 5. The summed E-state index contributed by atoms with van der Waals surface area (Å²) in [6.07, 6.45) is 3.66. The quantitative estimate of drug-likeness (QED) is 0.875. The van der Waals surface area contributed by atoms with E-state index in [9.17, 15) is 9.90 Å². The number of carboxylic acid groups (broad SMARTS) is 1. The Hall–Kier alpha value is -2.90. The number of ether oxygens (including phenoxy) is 2. The van der Waals surface area contributed by atoms with Crippen molar-refractivity contribution in [2.75, 3.05) is 25.1 Å². The number of nitrogens with zero attached hydrogens (tertiary/aromatic N) is 4. The van der Waals surface area contributed by atoms with Gasteiger partial charge in [0.05, 0.1) is 13.3 Å². The second-order valence-electron chi connectivity index (χ2n) is 5.94. The number of aromatic nitrogens is 3. The lowest BCUT2D eigenvalue weighted by Crippen LogP contribution is -2.53. The maximum atomic E-state index is 11.9. The smallest absolute Gasteiger partial charge is 0.348 e. The average molecular weight is 344 g/mol. The van der Waals surface area contributed by atoms with Crippen molar-refractivity contribution in [2.24, 2.45) is 0 Å². The van der Waals surface area contributed by atoms with Crippen LogP contribution in [0.1, 0.15) is 18.5 Å². The highest BCUT2D eigenvalue weighted by molar-refractivity contribution is 5.78. The van der Waals surface area contributed by atoms with Crippen LogP contribution in [0.3, 0.4) is 0 Å². The van der Waals surface area contributed by atoms with Crippen molar-refractivity contribution in [3.8, 4) is 11.6 Å². The molecule has 2 aromatic rings. The molecule has 0 bridgehead atoms. The van der Waals surface area contributed by atoms with Crippen molar-refractivity contribution in [3.05, 3.63) is 36.4 Å². The van der Waals surface area contributed by atoms with Gasteiger partial charge in [0.1, 0.15) is 17.9 Å². The molecule has 3 heterocycles. The van der Waals surface area contributed by atoms with Gasteiger partial charge in [-0.1, -0.05) is 0 Å². The molecule has 1 fully saturated rings. The van der Waals surface area contributed by atoms with Crippen LogP contribution in [0.2, 0.25) is 0 Å². The molecule has 0 saturated carbocycles. The minimum absolute atomic E-state index is 0.336. The molecule has 25 heavy (non-hydrogen) atoms. The van der Waals surface area contributed by atoms with Gasteiger partial charge in [0.25, 0.3) is 0 Å². The highest BCUT2D eigenvalue weighted by Crippen LogP contribution is 2.31. The molecule has 1 aliphatic heterocycles. The Bertz CT molecular complexity index is 743. The predicted molar refractivity (Wildman–Crippen MR) is 90.0 cm³/mol. The molecule has 8 nitrogen and oxygen atoms in total. The molecule has 132 valence electrons. The Morgan fingerprint density at radius 3 is 2.60 bits per heavy atom. The third-order valence-corrected chi connectivity index (χ3v) is 4.32. The molecule has 1 N–H and O–H groups in total. The number of methoxy groups -OCH3 is 1. The van der Waals surface area contributed by atoms with Crippen LogP contribution >= 0.6 is 0 Å². The normalized spacial score (nSPS) is 16.3. The van der Waals surface area contributed by atoms with Crippen molar-refractivity contribution in [2.45, 2.75) is 25.4 Å². The maximum absolute atomic E-state index is 11.9. The van der Waals surface area contributed by atoms with Crippen LogP contribution in [0.25, 0.3) is 0 Å². The van der Waals surface area contributed by atoms with Gasteiger partial charge in [-0.3, -0.25) is 4.98 Å². The van der Waals surface area contributed by atoms with Gasteiger partial charge in [-0.25, -0.2) is 14.8 Å². The van der Waals surface area contributed by atoms with Crippen LogP contribution in [0.4, 0.5) is 5.82 Å². The van der Waals surface area contributed by atoms with Crippen molar-refractivity contribution < 1.29 is 19.4 Å². The molecule has 0 amide bonds. The highest BCUT2D eigenvalue weighted by atomic mass is 16.5. The summed E-state index contributed by atoms with van der Waals surface area (Å²) in [6.45, 7) is 2.88. The molecule has 3 rings (SSSR count). The van der Waals surface area contributed by atoms with Crippen molar-refractivity contribution in [1.29, 1.82) is 0 Å². The number of carboxylic acids is 1. The molecule has 0 atom stereocenters.